The average molecular weight is 580 g/mol. The topological polar surface area (TPSA) is 136 Å². The van der Waals surface area contributed by atoms with Crippen LogP contribution in [0, 0.1) is 11.7 Å². The Morgan fingerprint density at radius 3 is 2.66 bits per heavy atom. The highest BCUT2D eigenvalue weighted by molar-refractivity contribution is 7.18. The van der Waals surface area contributed by atoms with E-state index in [2.05, 4.69) is 20.3 Å². The minimum atomic E-state index is -0.694. The van der Waals surface area contributed by atoms with Crippen molar-refractivity contribution in [1.82, 2.24) is 24.8 Å². The molecule has 0 saturated heterocycles. The zero-order valence-electron chi connectivity index (χ0n) is 23.6. The first-order chi connectivity index (χ1) is 19.5. The molecule has 4 rings (SSSR count). The number of nitrogen functional groups attached to an aromatic ring is 1. The summed E-state index contributed by atoms with van der Waals surface area (Å²) in [6.45, 7) is 7.81. The Labute approximate surface area is 242 Å². The van der Waals surface area contributed by atoms with Crippen LogP contribution in [-0.2, 0) is 28.9 Å². The highest BCUT2D eigenvalue weighted by atomic mass is 32.1. The molecule has 216 valence electrons. The Kier molecular flexibility index (Phi) is 9.43. The van der Waals surface area contributed by atoms with Gasteiger partial charge in [-0.2, -0.15) is 0 Å². The molecular weight excluding hydrogens is 545 g/mol. The second kappa shape index (κ2) is 13.0. The molecule has 1 aromatic carbocycles. The lowest BCUT2D eigenvalue weighted by molar-refractivity contribution is -0.122. The summed E-state index contributed by atoms with van der Waals surface area (Å²) in [6, 6.07) is 10.1. The van der Waals surface area contributed by atoms with Gasteiger partial charge in [-0.3, -0.25) is 9.78 Å². The molecule has 0 saturated carbocycles. The third-order valence-electron chi connectivity index (χ3n) is 6.21. The number of pyridine rings is 1. The number of nitrogens with two attached hydrogens (primary N) is 1. The summed E-state index contributed by atoms with van der Waals surface area (Å²) in [5.74, 6) is -0.407. The number of para-hydroxylation sites is 1. The van der Waals surface area contributed by atoms with Gasteiger partial charge in [-0.1, -0.05) is 36.5 Å². The van der Waals surface area contributed by atoms with Gasteiger partial charge in [0.2, 0.25) is 0 Å². The minimum Gasteiger partial charge on any atom is -0.444 e. The molecule has 10 nitrogen and oxygen atoms in total. The lowest BCUT2D eigenvalue weighted by Crippen LogP contribution is -2.41. The van der Waals surface area contributed by atoms with E-state index in [9.17, 15) is 14.0 Å². The third-order valence-corrected chi connectivity index (χ3v) is 7.23. The van der Waals surface area contributed by atoms with Gasteiger partial charge >= 0.3 is 6.09 Å². The fraction of sp³-hybridized carbons (Fsp3) is 0.379. The minimum absolute atomic E-state index is 0.0215. The van der Waals surface area contributed by atoms with Crippen molar-refractivity contribution in [3.05, 3.63) is 71.0 Å². The lowest BCUT2D eigenvalue weighted by Gasteiger charge is -2.29. The quantitative estimate of drug-likeness (QED) is 0.234. The monoisotopic (exact) mass is 579 g/mol. The number of amides is 1. The van der Waals surface area contributed by atoms with Gasteiger partial charge < -0.3 is 20.7 Å². The molecule has 0 aliphatic heterocycles. The summed E-state index contributed by atoms with van der Waals surface area (Å²) in [5.41, 5.74) is 7.47. The molecule has 3 heterocycles. The number of anilines is 2. The molecule has 41 heavy (non-hydrogen) atoms. The zero-order valence-corrected chi connectivity index (χ0v) is 24.4. The van der Waals surface area contributed by atoms with E-state index in [4.69, 9.17) is 15.5 Å². The van der Waals surface area contributed by atoms with Crippen molar-refractivity contribution in [3.63, 3.8) is 0 Å². The number of nitrogens with one attached hydrogen (secondary N) is 1. The van der Waals surface area contributed by atoms with Crippen LogP contribution >= 0.6 is 11.3 Å². The summed E-state index contributed by atoms with van der Waals surface area (Å²) in [5, 5.41) is 3.82. The molecule has 3 aromatic heterocycles. The van der Waals surface area contributed by atoms with Crippen LogP contribution in [0.2, 0.25) is 0 Å². The number of ketones is 1. The van der Waals surface area contributed by atoms with Gasteiger partial charge in [0, 0.05) is 43.7 Å². The number of fused-ring (bicyclic) bond motifs is 1. The van der Waals surface area contributed by atoms with E-state index in [1.165, 1.54) is 36.0 Å². The molecule has 0 fully saturated rings. The van der Waals surface area contributed by atoms with E-state index < -0.39 is 23.4 Å². The fourth-order valence-electron chi connectivity index (χ4n) is 4.05. The molecule has 12 heteroatoms. The van der Waals surface area contributed by atoms with Gasteiger partial charge in [0.15, 0.2) is 5.82 Å². The molecule has 0 aliphatic rings. The van der Waals surface area contributed by atoms with Crippen molar-refractivity contribution in [1.29, 1.82) is 0 Å². The predicted octanol–water partition coefficient (Wildman–Crippen LogP) is 5.04. The first-order valence-corrected chi connectivity index (χ1v) is 14.1. The zero-order chi connectivity index (χ0) is 29.6. The summed E-state index contributed by atoms with van der Waals surface area (Å²) >= 11 is 1.38. The van der Waals surface area contributed by atoms with Crippen LogP contribution in [0.25, 0.3) is 10.3 Å². The first kappa shape index (κ1) is 29.8. The number of thiazole rings is 1. The molecule has 4 aromatic rings. The highest BCUT2D eigenvalue weighted by Crippen LogP contribution is 2.26. The van der Waals surface area contributed by atoms with Crippen molar-refractivity contribution in [2.45, 2.75) is 52.7 Å². The number of Topliss-reactive ketones (excluding diaryl/α,β-unsaturated/α-hetero) is 1. The smallest absolute Gasteiger partial charge is 0.410 e. The molecule has 0 aliphatic carbocycles. The number of hydrogen-bond donors (Lipinski definition) is 2. The van der Waals surface area contributed by atoms with E-state index >= 15 is 0 Å². The molecule has 0 spiro atoms. The Balaban J connectivity index is 1.46. The van der Waals surface area contributed by atoms with Crippen LogP contribution in [0.3, 0.4) is 0 Å². The standard InChI is InChI=1S/C29H34FN7O3S/c1-18(23(38)14-19-8-5-6-10-21(19)31)16-37(28(39)40-29(2,3)4)13-11-24-36-25-26(34-17-35-27(25)41-24)33-15-22-20(30)9-7-12-32-22/h5-10,12,17-18H,11,13-16,31H2,1-4H3,(H,33,34,35). The van der Waals surface area contributed by atoms with Gasteiger partial charge in [-0.25, -0.2) is 24.1 Å². The maximum atomic E-state index is 14.0. The maximum Gasteiger partial charge on any atom is 0.410 e. The van der Waals surface area contributed by atoms with Crippen molar-refractivity contribution in [2.75, 3.05) is 24.1 Å². The van der Waals surface area contributed by atoms with Gasteiger partial charge in [-0.05, 0) is 44.5 Å². The molecule has 0 radical (unpaired) electrons. The number of nitrogens with zero attached hydrogens (tertiary/aromatic N) is 5. The number of aromatic nitrogens is 4. The van der Waals surface area contributed by atoms with Crippen LogP contribution in [0.15, 0.2) is 48.9 Å². The van der Waals surface area contributed by atoms with Crippen molar-refractivity contribution in [3.8, 4) is 0 Å². The Bertz CT molecular complexity index is 1520. The van der Waals surface area contributed by atoms with Gasteiger partial charge in [0.05, 0.1) is 17.2 Å². The summed E-state index contributed by atoms with van der Waals surface area (Å²) in [6.07, 6.45) is 3.04. The second-order valence-corrected chi connectivity index (χ2v) is 11.8. The Morgan fingerprint density at radius 2 is 1.93 bits per heavy atom. The van der Waals surface area contributed by atoms with Crippen molar-refractivity contribution >= 4 is 45.1 Å². The van der Waals surface area contributed by atoms with Crippen LogP contribution in [0.5, 0.6) is 0 Å². The number of carbonyl (C=O) groups is 2. The van der Waals surface area contributed by atoms with Crippen molar-refractivity contribution < 1.29 is 18.7 Å². The van der Waals surface area contributed by atoms with E-state index in [-0.39, 0.29) is 37.5 Å². The summed E-state index contributed by atoms with van der Waals surface area (Å²) in [7, 11) is 0. The number of ether oxygens (including phenoxy) is 1. The molecule has 1 amide bonds. The van der Waals surface area contributed by atoms with Gasteiger partial charge in [-0.15, -0.1) is 0 Å². The largest absolute Gasteiger partial charge is 0.444 e. The summed E-state index contributed by atoms with van der Waals surface area (Å²) in [4.78, 5) is 45.7. The van der Waals surface area contributed by atoms with E-state index in [1.807, 2.05) is 18.2 Å². The molecule has 0 bridgehead atoms. The fourth-order valence-corrected chi connectivity index (χ4v) is 4.95. The molecule has 3 N–H and O–H groups in total. The predicted molar refractivity (Wildman–Crippen MR) is 157 cm³/mol. The third kappa shape index (κ3) is 8.16. The normalized spacial score (nSPS) is 12.2. The van der Waals surface area contributed by atoms with E-state index in [0.29, 0.717) is 28.3 Å². The number of halogens is 1. The van der Waals surface area contributed by atoms with Crippen LogP contribution in [0.1, 0.15) is 44.0 Å². The van der Waals surface area contributed by atoms with Crippen molar-refractivity contribution in [2.24, 2.45) is 5.92 Å². The van der Waals surface area contributed by atoms with Crippen LogP contribution < -0.4 is 11.1 Å². The summed E-state index contributed by atoms with van der Waals surface area (Å²) < 4.78 is 19.6. The number of carbonyl (C=O) groups excluding carboxylic acids is 2. The Hall–Kier alpha value is -4.19. The number of rotatable bonds is 11. The average Bonchev–Trinajstić information content (AvgIpc) is 3.34. The number of hydrogen-bond acceptors (Lipinski definition) is 10. The van der Waals surface area contributed by atoms with Gasteiger partial charge in [0.1, 0.15) is 33.9 Å². The lowest BCUT2D eigenvalue weighted by atomic mass is 9.98. The first-order valence-electron chi connectivity index (χ1n) is 13.3. The Morgan fingerprint density at radius 1 is 1.15 bits per heavy atom. The second-order valence-electron chi connectivity index (χ2n) is 10.7. The highest BCUT2D eigenvalue weighted by Gasteiger charge is 2.26. The molecule has 1 atom stereocenters. The maximum absolute atomic E-state index is 14.0. The van der Waals surface area contributed by atoms with E-state index in [0.717, 1.165) is 10.6 Å². The SMILES string of the molecule is CC(CN(CCc1nc2c(NCc3ncccc3F)ncnc2s1)C(=O)OC(C)(C)C)C(=O)Cc1ccccc1N. The van der Waals surface area contributed by atoms with Gasteiger partial charge in [0.25, 0.3) is 0 Å². The molecular formula is C29H34FN7O3S. The van der Waals surface area contributed by atoms with E-state index in [1.54, 1.807) is 38.7 Å². The van der Waals surface area contributed by atoms with Crippen LogP contribution in [-0.4, -0.2) is 55.4 Å². The number of benzene rings is 1. The van der Waals surface area contributed by atoms with Crippen LogP contribution in [0.4, 0.5) is 20.7 Å². The molecule has 1 unspecified atom stereocenters.